The van der Waals surface area contributed by atoms with E-state index in [-0.39, 0.29) is 5.56 Å². The third kappa shape index (κ3) is 5.64. The topological polar surface area (TPSA) is 129 Å². The molecule has 9 nitrogen and oxygen atoms in total. The zero-order chi connectivity index (χ0) is 20.0. The number of esters is 3. The lowest BCUT2D eigenvalue weighted by molar-refractivity contribution is -0.292. The van der Waals surface area contributed by atoms with Crippen molar-refractivity contribution in [1.29, 1.82) is 0 Å². The van der Waals surface area contributed by atoms with Crippen molar-refractivity contribution >= 4 is 29.5 Å². The highest BCUT2D eigenvalue weighted by atomic mass is 35.5. The van der Waals surface area contributed by atoms with Crippen LogP contribution in [0.1, 0.15) is 17.3 Å². The van der Waals surface area contributed by atoms with Crippen LogP contribution in [0.25, 0.3) is 0 Å². The second kappa shape index (κ2) is 9.65. The Hall–Kier alpha value is -2.20. The molecule has 2 N–H and O–H groups in total. The molecule has 1 aliphatic heterocycles. The number of carbonyl (C=O) groups is 3. The predicted octanol–water partition coefficient (Wildman–Crippen LogP) is 0.00380. The number of alkyl halides is 1. The Bertz CT molecular complexity index is 666. The molecule has 148 valence electrons. The number of aliphatic hydroxyl groups is 2. The lowest BCUT2D eigenvalue weighted by Gasteiger charge is -2.41. The molecule has 1 aromatic rings. The maximum atomic E-state index is 12.0. The van der Waals surface area contributed by atoms with Gasteiger partial charge in [0.25, 0.3) is 0 Å². The van der Waals surface area contributed by atoms with Crippen LogP contribution in [0.4, 0.5) is 0 Å². The molecular weight excluding hydrogens is 384 g/mol. The normalized spacial score (nSPS) is 27.5. The van der Waals surface area contributed by atoms with Crippen LogP contribution in [0, 0.1) is 0 Å². The minimum absolute atomic E-state index is 0.286. The van der Waals surface area contributed by atoms with Gasteiger partial charge in [-0.25, -0.2) is 4.79 Å². The summed E-state index contributed by atoms with van der Waals surface area (Å²) in [6, 6.07) is 8.11. The molecule has 27 heavy (non-hydrogen) atoms. The number of hydrogen-bond donors (Lipinski definition) is 2. The Morgan fingerprint density at radius 2 is 1.78 bits per heavy atom. The quantitative estimate of drug-likeness (QED) is 0.384. The first-order valence-corrected chi connectivity index (χ1v) is 8.53. The number of hydrogen-bond acceptors (Lipinski definition) is 9. The van der Waals surface area contributed by atoms with Crippen LogP contribution in [0.15, 0.2) is 30.3 Å². The largest absolute Gasteiger partial charge is 0.459 e. The molecule has 0 unspecified atom stereocenters. The molecule has 0 bridgehead atoms. The van der Waals surface area contributed by atoms with Crippen molar-refractivity contribution in [2.75, 3.05) is 12.5 Å². The molecule has 10 heteroatoms. The molecular formula is C17H19ClO9. The number of carbonyl (C=O) groups excluding carboxylic acids is 3. The Morgan fingerprint density at radius 1 is 1.11 bits per heavy atom. The fourth-order valence-electron chi connectivity index (χ4n) is 2.50. The molecule has 0 aromatic heterocycles. The second-order valence-corrected chi connectivity index (χ2v) is 5.95. The zero-order valence-corrected chi connectivity index (χ0v) is 15.1. The van der Waals surface area contributed by atoms with Gasteiger partial charge in [0.1, 0.15) is 24.7 Å². The summed E-state index contributed by atoms with van der Waals surface area (Å²) in [5.41, 5.74) is 0.286. The van der Waals surface area contributed by atoms with Gasteiger partial charge in [0, 0.05) is 6.92 Å². The van der Waals surface area contributed by atoms with Gasteiger partial charge >= 0.3 is 17.9 Å². The third-order valence-corrected chi connectivity index (χ3v) is 3.92. The first-order chi connectivity index (χ1) is 12.8. The van der Waals surface area contributed by atoms with Crippen molar-refractivity contribution in [1.82, 2.24) is 0 Å². The summed E-state index contributed by atoms with van der Waals surface area (Å²) in [7, 11) is 0. The Kier molecular flexibility index (Phi) is 7.55. The first kappa shape index (κ1) is 21.1. The summed E-state index contributed by atoms with van der Waals surface area (Å²) in [5.74, 6) is -2.85. The standard InChI is InChI=1S/C17H19ClO9/c1-9(19)25-14-13(21)11(26-17(23)15(14)27-12(20)7-18)8-24-16(22)10-5-3-2-4-6-10/h2-6,11,13-15,17,21,23H,7-8H2,1H3/t11-,13-,14+,15+,17+/m1/s1. The number of benzene rings is 1. The Labute approximate surface area is 159 Å². The van der Waals surface area contributed by atoms with Crippen LogP contribution in [0.2, 0.25) is 0 Å². The molecule has 0 amide bonds. The van der Waals surface area contributed by atoms with Gasteiger partial charge in [0.2, 0.25) is 0 Å². The number of aliphatic hydroxyl groups excluding tert-OH is 2. The lowest BCUT2D eigenvalue weighted by Crippen LogP contribution is -2.61. The maximum Gasteiger partial charge on any atom is 0.338 e. The maximum absolute atomic E-state index is 12.0. The van der Waals surface area contributed by atoms with Crippen LogP contribution in [-0.2, 0) is 28.5 Å². The summed E-state index contributed by atoms with van der Waals surface area (Å²) in [6.07, 6.45) is -7.41. The lowest BCUT2D eigenvalue weighted by atomic mass is 9.98. The van der Waals surface area contributed by atoms with Gasteiger partial charge in [0.05, 0.1) is 5.56 Å². The van der Waals surface area contributed by atoms with Gasteiger partial charge in [-0.05, 0) is 12.1 Å². The van der Waals surface area contributed by atoms with Gasteiger partial charge in [-0.15, -0.1) is 11.6 Å². The highest BCUT2D eigenvalue weighted by Gasteiger charge is 2.49. The summed E-state index contributed by atoms with van der Waals surface area (Å²) < 4.78 is 20.1. The van der Waals surface area contributed by atoms with E-state index in [9.17, 15) is 24.6 Å². The van der Waals surface area contributed by atoms with Gasteiger partial charge in [-0.1, -0.05) is 18.2 Å². The third-order valence-electron chi connectivity index (χ3n) is 3.70. The molecule has 1 fully saturated rings. The summed E-state index contributed by atoms with van der Waals surface area (Å²) >= 11 is 5.36. The molecule has 2 rings (SSSR count). The van der Waals surface area contributed by atoms with Gasteiger partial charge < -0.3 is 29.2 Å². The average molecular weight is 403 g/mol. The van der Waals surface area contributed by atoms with Crippen LogP contribution < -0.4 is 0 Å². The van der Waals surface area contributed by atoms with Crippen molar-refractivity contribution < 1.29 is 43.5 Å². The van der Waals surface area contributed by atoms with Crippen LogP contribution in [0.3, 0.4) is 0 Å². The molecule has 0 aliphatic carbocycles. The summed E-state index contributed by atoms with van der Waals surface area (Å²) in [6.45, 7) is 0.652. The van der Waals surface area contributed by atoms with E-state index in [1.807, 2.05) is 0 Å². The van der Waals surface area contributed by atoms with E-state index >= 15 is 0 Å². The minimum atomic E-state index is -1.73. The monoisotopic (exact) mass is 402 g/mol. The Balaban J connectivity index is 2.06. The van der Waals surface area contributed by atoms with Crippen molar-refractivity contribution in [3.05, 3.63) is 35.9 Å². The predicted molar refractivity (Wildman–Crippen MR) is 89.8 cm³/mol. The van der Waals surface area contributed by atoms with E-state index in [1.54, 1.807) is 30.3 Å². The number of halogens is 1. The average Bonchev–Trinajstić information content (AvgIpc) is 2.66. The summed E-state index contributed by atoms with van der Waals surface area (Å²) in [4.78, 5) is 34.7. The van der Waals surface area contributed by atoms with E-state index in [0.29, 0.717) is 0 Å². The zero-order valence-electron chi connectivity index (χ0n) is 14.3. The van der Waals surface area contributed by atoms with E-state index in [1.165, 1.54) is 0 Å². The SMILES string of the molecule is CC(=O)O[C@H]1[C@H](O)[C@@H](COC(=O)c2ccccc2)O[C@H](O)[C@H]1OC(=O)CCl. The van der Waals surface area contributed by atoms with E-state index < -0.39 is 61.1 Å². The molecule has 0 saturated carbocycles. The minimum Gasteiger partial charge on any atom is -0.459 e. The van der Waals surface area contributed by atoms with Crippen molar-refractivity contribution in [2.24, 2.45) is 0 Å². The van der Waals surface area contributed by atoms with Crippen LogP contribution in [-0.4, -0.2) is 71.3 Å². The van der Waals surface area contributed by atoms with Crippen molar-refractivity contribution in [2.45, 2.75) is 37.6 Å². The van der Waals surface area contributed by atoms with Crippen molar-refractivity contribution in [3.8, 4) is 0 Å². The molecule has 1 aliphatic rings. The van der Waals surface area contributed by atoms with Gasteiger partial charge in [-0.2, -0.15) is 0 Å². The fraction of sp³-hybridized carbons (Fsp3) is 0.471. The van der Waals surface area contributed by atoms with E-state index in [4.69, 9.17) is 30.5 Å². The highest BCUT2D eigenvalue weighted by molar-refractivity contribution is 6.26. The molecule has 1 aromatic carbocycles. The van der Waals surface area contributed by atoms with Crippen LogP contribution in [0.5, 0.6) is 0 Å². The van der Waals surface area contributed by atoms with E-state index in [2.05, 4.69) is 0 Å². The van der Waals surface area contributed by atoms with Gasteiger partial charge in [-0.3, -0.25) is 9.59 Å². The highest BCUT2D eigenvalue weighted by Crippen LogP contribution is 2.26. The first-order valence-electron chi connectivity index (χ1n) is 8.00. The van der Waals surface area contributed by atoms with Crippen LogP contribution >= 0.6 is 11.6 Å². The molecule has 0 radical (unpaired) electrons. The molecule has 0 spiro atoms. The number of rotatable bonds is 6. The number of ether oxygens (including phenoxy) is 4. The van der Waals surface area contributed by atoms with Gasteiger partial charge in [0.15, 0.2) is 18.5 Å². The molecule has 1 heterocycles. The van der Waals surface area contributed by atoms with Crippen molar-refractivity contribution in [3.63, 3.8) is 0 Å². The fourth-order valence-corrected chi connectivity index (χ4v) is 2.56. The smallest absolute Gasteiger partial charge is 0.338 e. The molecule has 5 atom stereocenters. The second-order valence-electron chi connectivity index (χ2n) is 5.68. The van der Waals surface area contributed by atoms with E-state index in [0.717, 1.165) is 6.92 Å². The molecule has 1 saturated heterocycles. The summed E-state index contributed by atoms with van der Waals surface area (Å²) in [5, 5.41) is 20.5. The Morgan fingerprint density at radius 3 is 2.37 bits per heavy atom.